The molecule has 28 heavy (non-hydrogen) atoms. The van der Waals surface area contributed by atoms with Crippen molar-refractivity contribution in [2.75, 3.05) is 4.72 Å². The Morgan fingerprint density at radius 2 is 2.07 bits per heavy atom. The van der Waals surface area contributed by atoms with Gasteiger partial charge in [-0.25, -0.2) is 26.8 Å². The molecule has 2 heterocycles. The van der Waals surface area contributed by atoms with Gasteiger partial charge >= 0.3 is 0 Å². The molecule has 0 saturated heterocycles. The van der Waals surface area contributed by atoms with E-state index in [0.29, 0.717) is 17.0 Å². The minimum absolute atomic E-state index is 0.0698. The van der Waals surface area contributed by atoms with Gasteiger partial charge in [-0.2, -0.15) is 0 Å². The lowest BCUT2D eigenvalue weighted by Crippen LogP contribution is -2.24. The summed E-state index contributed by atoms with van der Waals surface area (Å²) < 4.78 is 59.7. The van der Waals surface area contributed by atoms with Crippen LogP contribution in [0.3, 0.4) is 0 Å². The highest BCUT2D eigenvalue weighted by Crippen LogP contribution is 2.43. The number of allylic oxidation sites excluding steroid dienone is 1. The molecule has 0 saturated carbocycles. The van der Waals surface area contributed by atoms with Gasteiger partial charge in [-0.05, 0) is 23.7 Å². The first-order valence-electron chi connectivity index (χ1n) is 8.14. The fourth-order valence-corrected chi connectivity index (χ4v) is 5.22. The van der Waals surface area contributed by atoms with E-state index in [1.165, 1.54) is 24.2 Å². The predicted molar refractivity (Wildman–Crippen MR) is 102 cm³/mol. The number of hydrogen-bond donors (Lipinski definition) is 1. The minimum atomic E-state index is -4.14. The molecule has 0 bridgehead atoms. The number of thioether (sulfide) groups is 1. The summed E-state index contributed by atoms with van der Waals surface area (Å²) in [7, 11) is -4.14. The summed E-state index contributed by atoms with van der Waals surface area (Å²) in [4.78, 5) is 8.84. The van der Waals surface area contributed by atoms with Crippen LogP contribution in [0.4, 0.5) is 14.5 Å². The van der Waals surface area contributed by atoms with E-state index in [2.05, 4.69) is 25.0 Å². The van der Waals surface area contributed by atoms with Crippen LogP contribution in [0.2, 0.25) is 0 Å². The Morgan fingerprint density at radius 3 is 2.86 bits per heavy atom. The van der Waals surface area contributed by atoms with E-state index in [0.717, 1.165) is 12.1 Å². The molecule has 2 atom stereocenters. The zero-order chi connectivity index (χ0) is 19.7. The van der Waals surface area contributed by atoms with Gasteiger partial charge in [-0.15, -0.1) is 0 Å². The number of aliphatic imine (C=N–C) groups is 2. The van der Waals surface area contributed by atoms with Crippen LogP contribution in [0.25, 0.3) is 4.91 Å². The van der Waals surface area contributed by atoms with E-state index in [9.17, 15) is 17.2 Å². The Balaban J connectivity index is 1.59. The Kier molecular flexibility index (Phi) is 4.98. The Labute approximate surface area is 162 Å². The monoisotopic (exact) mass is 425 g/mol. The van der Waals surface area contributed by atoms with Gasteiger partial charge < -0.3 is 0 Å². The van der Waals surface area contributed by atoms with Crippen molar-refractivity contribution in [1.82, 2.24) is 10.3 Å². The topological polar surface area (TPSA) is 110 Å². The van der Waals surface area contributed by atoms with Gasteiger partial charge in [0, 0.05) is 17.5 Å². The molecule has 2 aromatic rings. The van der Waals surface area contributed by atoms with E-state index in [1.54, 1.807) is 12.3 Å². The molecule has 2 unspecified atom stereocenters. The lowest BCUT2D eigenvalue weighted by atomic mass is 10.1. The van der Waals surface area contributed by atoms with Crippen LogP contribution in [0, 0.1) is 11.6 Å². The van der Waals surface area contributed by atoms with Crippen molar-refractivity contribution in [3.8, 4) is 0 Å². The molecule has 1 aromatic carbocycles. The van der Waals surface area contributed by atoms with E-state index in [4.69, 9.17) is 4.63 Å². The fraction of sp³-hybridized carbons (Fsp3) is 0.250. The van der Waals surface area contributed by atoms with Crippen molar-refractivity contribution < 1.29 is 21.8 Å². The number of nitrogens with zero attached hydrogens (tertiary/aromatic N) is 4. The average Bonchev–Trinajstić information content (AvgIpc) is 3.16. The van der Waals surface area contributed by atoms with E-state index < -0.39 is 32.6 Å². The third-order valence-electron chi connectivity index (χ3n) is 4.12. The average molecular weight is 425 g/mol. The van der Waals surface area contributed by atoms with Crippen LogP contribution < -0.4 is 4.72 Å². The molecule has 1 aliphatic heterocycles. The Morgan fingerprint density at radius 1 is 1.21 bits per heavy atom. The number of fused-ring (bicyclic) bond motifs is 1. The van der Waals surface area contributed by atoms with Gasteiger partial charge in [0.2, 0.25) is 10.0 Å². The lowest BCUT2D eigenvalue weighted by molar-refractivity contribution is 0.302. The maximum atomic E-state index is 13.9. The second kappa shape index (κ2) is 7.43. The van der Waals surface area contributed by atoms with Crippen LogP contribution in [0.1, 0.15) is 29.5 Å². The van der Waals surface area contributed by atoms with Crippen LogP contribution >= 0.6 is 11.8 Å². The molecule has 1 aromatic heterocycles. The normalized spacial score (nSPS) is 21.3. The molecule has 4 rings (SSSR count). The molecule has 1 aliphatic carbocycles. The third-order valence-corrected chi connectivity index (χ3v) is 6.99. The molecule has 2 aliphatic rings. The predicted octanol–water partition coefficient (Wildman–Crippen LogP) is 3.14. The van der Waals surface area contributed by atoms with Crippen molar-refractivity contribution in [2.45, 2.75) is 23.5 Å². The van der Waals surface area contributed by atoms with Gasteiger partial charge in [-0.1, -0.05) is 29.1 Å². The maximum Gasteiger partial charge on any atom is 0.242 e. The molecule has 12 heteroatoms. The van der Waals surface area contributed by atoms with Crippen molar-refractivity contribution in [3.63, 3.8) is 0 Å². The Bertz CT molecular complexity index is 1100. The number of aromatic nitrogens is 2. The largest absolute Gasteiger partial charge is 0.280 e. The molecule has 0 amide bonds. The molecular formula is C16H13F2N5O3S2. The number of halogens is 2. The summed E-state index contributed by atoms with van der Waals surface area (Å²) in [5.74, 6) is -2.42. The Hall–Kier alpha value is -2.60. The highest BCUT2D eigenvalue weighted by Gasteiger charge is 2.37. The van der Waals surface area contributed by atoms with Gasteiger partial charge in [0.05, 0.1) is 5.69 Å². The first-order chi connectivity index (χ1) is 13.5. The van der Waals surface area contributed by atoms with Crippen molar-refractivity contribution >= 4 is 44.9 Å². The smallest absolute Gasteiger partial charge is 0.242 e. The van der Waals surface area contributed by atoms with Gasteiger partial charge in [0.1, 0.15) is 28.4 Å². The number of anilines is 1. The number of rotatable bonds is 5. The van der Waals surface area contributed by atoms with Crippen molar-refractivity contribution in [3.05, 3.63) is 47.3 Å². The quantitative estimate of drug-likeness (QED) is 0.788. The lowest BCUT2D eigenvalue weighted by Gasteiger charge is -2.21. The van der Waals surface area contributed by atoms with Crippen LogP contribution in [-0.4, -0.2) is 36.7 Å². The second-order valence-electron chi connectivity index (χ2n) is 5.94. The zero-order valence-electron chi connectivity index (χ0n) is 14.1. The van der Waals surface area contributed by atoms with Gasteiger partial charge in [0.25, 0.3) is 0 Å². The molecule has 8 nitrogen and oxygen atoms in total. The summed E-state index contributed by atoms with van der Waals surface area (Å²) in [6.07, 6.45) is 5.59. The number of sulfonamides is 1. The van der Waals surface area contributed by atoms with Crippen LogP contribution in [0.15, 0.2) is 38.9 Å². The molecule has 0 radical (unpaired) electrons. The van der Waals surface area contributed by atoms with Crippen molar-refractivity contribution in [2.24, 2.45) is 9.98 Å². The highest BCUT2D eigenvalue weighted by molar-refractivity contribution is 8.08. The SMILES string of the molecule is O=S(=O)(Nc1cccc(F)c1F)C1CC=C(SC2CC=NC=N2)c2nonc21. The van der Waals surface area contributed by atoms with Gasteiger partial charge in [-0.3, -0.25) is 9.71 Å². The standard InChI is InChI=1S/C16H13F2N5O3S2/c17-9-2-1-3-10(14(9)18)23-28(24,25)12-5-4-11(15-16(12)22-26-21-15)27-13-6-7-19-8-20-13/h1-4,7-8,12-13,23H,5-6H2. The molecular weight excluding hydrogens is 412 g/mol. The second-order valence-corrected chi connectivity index (χ2v) is 9.03. The van der Waals surface area contributed by atoms with Crippen molar-refractivity contribution in [1.29, 1.82) is 0 Å². The number of nitrogens with one attached hydrogen (secondary N) is 1. The highest BCUT2D eigenvalue weighted by atomic mass is 32.2. The number of hydrogen-bond acceptors (Lipinski definition) is 8. The van der Waals surface area contributed by atoms with Crippen LogP contribution in [-0.2, 0) is 10.0 Å². The number of benzene rings is 1. The minimum Gasteiger partial charge on any atom is -0.280 e. The summed E-state index contributed by atoms with van der Waals surface area (Å²) >= 11 is 1.39. The maximum absolute atomic E-state index is 13.9. The first-order valence-corrected chi connectivity index (χ1v) is 10.6. The zero-order valence-corrected chi connectivity index (χ0v) is 15.8. The van der Waals surface area contributed by atoms with E-state index >= 15 is 0 Å². The fourth-order valence-electron chi connectivity index (χ4n) is 2.78. The summed E-state index contributed by atoms with van der Waals surface area (Å²) in [5, 5.41) is 6.29. The molecule has 146 valence electrons. The van der Waals surface area contributed by atoms with E-state index in [1.807, 2.05) is 0 Å². The summed E-state index contributed by atoms with van der Waals surface area (Å²) in [6, 6.07) is 3.25. The summed E-state index contributed by atoms with van der Waals surface area (Å²) in [5.41, 5.74) is -0.0650. The first kappa shape index (κ1) is 18.7. The van der Waals surface area contributed by atoms with E-state index in [-0.39, 0.29) is 17.5 Å². The van der Waals surface area contributed by atoms with Crippen LogP contribution in [0.5, 0.6) is 0 Å². The van der Waals surface area contributed by atoms with Gasteiger partial charge in [0.15, 0.2) is 11.6 Å². The molecule has 0 spiro atoms. The third kappa shape index (κ3) is 3.56. The summed E-state index contributed by atoms with van der Waals surface area (Å²) in [6.45, 7) is 0. The molecule has 1 N–H and O–H groups in total. The molecule has 0 fully saturated rings.